The Morgan fingerprint density at radius 1 is 1.35 bits per heavy atom. The molecule has 0 aliphatic carbocycles. The van der Waals surface area contributed by atoms with E-state index in [1.54, 1.807) is 6.92 Å². The number of carboxylic acids is 1. The third-order valence-corrected chi connectivity index (χ3v) is 1.67. The minimum absolute atomic E-state index is 0.0867. The number of ether oxygens (including phenoxy) is 2. The maximum atomic E-state index is 11.4. The van der Waals surface area contributed by atoms with Crippen LogP contribution in [0.5, 0.6) is 0 Å². The molecule has 0 aromatic rings. The molecule has 0 heterocycles. The van der Waals surface area contributed by atoms with Gasteiger partial charge in [-0.05, 0) is 13.3 Å². The smallest absolute Gasteiger partial charge is 0.348 e. The SMILES string of the molecule is C=C(C)C(=O)OC(CC(=O)O)C(=O)OCCC. The largest absolute Gasteiger partial charge is 0.481 e. The highest BCUT2D eigenvalue weighted by molar-refractivity contribution is 5.90. The molecule has 17 heavy (non-hydrogen) atoms. The molecule has 0 radical (unpaired) electrons. The molecule has 1 unspecified atom stereocenters. The highest BCUT2D eigenvalue weighted by atomic mass is 16.6. The summed E-state index contributed by atoms with van der Waals surface area (Å²) >= 11 is 0. The Hall–Kier alpha value is -1.85. The summed E-state index contributed by atoms with van der Waals surface area (Å²) in [6.45, 7) is 6.68. The Kier molecular flexibility index (Phi) is 6.62. The Bertz CT molecular complexity index is 320. The Balaban J connectivity index is 4.52. The van der Waals surface area contributed by atoms with E-state index >= 15 is 0 Å². The number of rotatable bonds is 7. The molecule has 0 aliphatic heterocycles. The summed E-state index contributed by atoms with van der Waals surface area (Å²) < 4.78 is 9.41. The highest BCUT2D eigenvalue weighted by Crippen LogP contribution is 2.06. The predicted octanol–water partition coefficient (Wildman–Crippen LogP) is 0.902. The van der Waals surface area contributed by atoms with Crippen LogP contribution in [0.15, 0.2) is 12.2 Å². The van der Waals surface area contributed by atoms with Gasteiger partial charge < -0.3 is 14.6 Å². The van der Waals surface area contributed by atoms with E-state index < -0.39 is 30.4 Å². The number of esters is 2. The first-order valence-corrected chi connectivity index (χ1v) is 5.13. The average molecular weight is 244 g/mol. The molecule has 0 saturated carbocycles. The molecule has 96 valence electrons. The summed E-state index contributed by atoms with van der Waals surface area (Å²) in [5, 5.41) is 8.59. The van der Waals surface area contributed by atoms with E-state index in [-0.39, 0.29) is 12.2 Å². The zero-order valence-electron chi connectivity index (χ0n) is 9.89. The van der Waals surface area contributed by atoms with Crippen molar-refractivity contribution >= 4 is 17.9 Å². The topological polar surface area (TPSA) is 89.9 Å². The summed E-state index contributed by atoms with van der Waals surface area (Å²) in [6, 6.07) is 0. The van der Waals surface area contributed by atoms with E-state index in [0.717, 1.165) is 0 Å². The van der Waals surface area contributed by atoms with Gasteiger partial charge in [0.25, 0.3) is 0 Å². The van der Waals surface area contributed by atoms with Crippen LogP contribution in [-0.2, 0) is 23.9 Å². The van der Waals surface area contributed by atoms with Crippen molar-refractivity contribution in [1.29, 1.82) is 0 Å². The van der Waals surface area contributed by atoms with Crippen molar-refractivity contribution in [2.24, 2.45) is 0 Å². The van der Waals surface area contributed by atoms with E-state index in [1.165, 1.54) is 6.92 Å². The quantitative estimate of drug-likeness (QED) is 0.528. The minimum atomic E-state index is -1.43. The lowest BCUT2D eigenvalue weighted by Gasteiger charge is -2.14. The van der Waals surface area contributed by atoms with Gasteiger partial charge in [-0.15, -0.1) is 0 Å². The zero-order valence-corrected chi connectivity index (χ0v) is 9.89. The molecular formula is C11H16O6. The van der Waals surface area contributed by atoms with E-state index in [4.69, 9.17) is 9.84 Å². The van der Waals surface area contributed by atoms with Crippen molar-refractivity contribution in [3.8, 4) is 0 Å². The third kappa shape index (κ3) is 6.34. The molecule has 0 aromatic heterocycles. The van der Waals surface area contributed by atoms with Gasteiger partial charge in [-0.3, -0.25) is 4.79 Å². The van der Waals surface area contributed by atoms with Gasteiger partial charge in [0.1, 0.15) is 0 Å². The number of aliphatic carboxylic acids is 1. The van der Waals surface area contributed by atoms with Gasteiger partial charge in [-0.25, -0.2) is 9.59 Å². The molecule has 0 fully saturated rings. The molecular weight excluding hydrogens is 228 g/mol. The fraction of sp³-hybridized carbons (Fsp3) is 0.545. The maximum absolute atomic E-state index is 11.4. The fourth-order valence-electron chi connectivity index (χ4n) is 0.857. The van der Waals surface area contributed by atoms with Crippen molar-refractivity contribution < 1.29 is 29.0 Å². The van der Waals surface area contributed by atoms with Gasteiger partial charge in [0.2, 0.25) is 6.10 Å². The van der Waals surface area contributed by atoms with Crippen LogP contribution >= 0.6 is 0 Å². The van der Waals surface area contributed by atoms with Crippen molar-refractivity contribution in [3.63, 3.8) is 0 Å². The van der Waals surface area contributed by atoms with Crippen LogP contribution in [0.4, 0.5) is 0 Å². The molecule has 1 atom stereocenters. The fourth-order valence-corrected chi connectivity index (χ4v) is 0.857. The Morgan fingerprint density at radius 3 is 2.35 bits per heavy atom. The molecule has 0 bridgehead atoms. The second kappa shape index (κ2) is 7.43. The second-order valence-electron chi connectivity index (χ2n) is 3.44. The zero-order chi connectivity index (χ0) is 13.4. The monoisotopic (exact) mass is 244 g/mol. The number of carbonyl (C=O) groups excluding carboxylic acids is 2. The summed E-state index contributed by atoms with van der Waals surface area (Å²) in [7, 11) is 0. The molecule has 1 N–H and O–H groups in total. The first-order valence-electron chi connectivity index (χ1n) is 5.13. The Morgan fingerprint density at radius 2 is 1.94 bits per heavy atom. The lowest BCUT2D eigenvalue weighted by molar-refractivity contribution is -0.168. The van der Waals surface area contributed by atoms with Gasteiger partial charge in [0.05, 0.1) is 13.0 Å². The van der Waals surface area contributed by atoms with Crippen LogP contribution in [0.25, 0.3) is 0 Å². The van der Waals surface area contributed by atoms with E-state index in [0.29, 0.717) is 6.42 Å². The van der Waals surface area contributed by atoms with Gasteiger partial charge in [-0.2, -0.15) is 0 Å². The number of carboxylic acid groups (broad SMARTS) is 1. The van der Waals surface area contributed by atoms with Gasteiger partial charge in [0, 0.05) is 5.57 Å². The number of hydrogen-bond donors (Lipinski definition) is 1. The highest BCUT2D eigenvalue weighted by Gasteiger charge is 2.27. The molecule has 6 heteroatoms. The first-order chi connectivity index (χ1) is 7.88. The molecule has 0 saturated heterocycles. The number of hydrogen-bond acceptors (Lipinski definition) is 5. The molecule has 0 amide bonds. The van der Waals surface area contributed by atoms with Crippen LogP contribution in [0.3, 0.4) is 0 Å². The summed E-state index contributed by atoms with van der Waals surface area (Å²) in [5.41, 5.74) is 0.0867. The van der Waals surface area contributed by atoms with E-state index in [2.05, 4.69) is 11.3 Å². The summed E-state index contributed by atoms with van der Waals surface area (Å²) in [5.74, 6) is -2.92. The third-order valence-electron chi connectivity index (χ3n) is 1.67. The van der Waals surface area contributed by atoms with Crippen LogP contribution in [0, 0.1) is 0 Å². The van der Waals surface area contributed by atoms with E-state index in [9.17, 15) is 14.4 Å². The first kappa shape index (κ1) is 15.2. The normalized spacial score (nSPS) is 11.4. The minimum Gasteiger partial charge on any atom is -0.481 e. The van der Waals surface area contributed by atoms with Crippen LogP contribution < -0.4 is 0 Å². The van der Waals surface area contributed by atoms with Crippen molar-refractivity contribution in [2.75, 3.05) is 6.61 Å². The van der Waals surface area contributed by atoms with Crippen LogP contribution in [0.1, 0.15) is 26.7 Å². The summed E-state index contributed by atoms with van der Waals surface area (Å²) in [4.78, 5) is 33.1. The maximum Gasteiger partial charge on any atom is 0.348 e. The predicted molar refractivity (Wildman–Crippen MR) is 58.2 cm³/mol. The molecule has 0 aromatic carbocycles. The number of carbonyl (C=O) groups is 3. The van der Waals surface area contributed by atoms with Crippen molar-refractivity contribution in [1.82, 2.24) is 0 Å². The van der Waals surface area contributed by atoms with Gasteiger partial charge >= 0.3 is 17.9 Å². The van der Waals surface area contributed by atoms with Gasteiger partial charge in [-0.1, -0.05) is 13.5 Å². The summed E-state index contributed by atoms with van der Waals surface area (Å²) in [6.07, 6.45) is -1.45. The average Bonchev–Trinajstić information content (AvgIpc) is 2.23. The van der Waals surface area contributed by atoms with Crippen molar-refractivity contribution in [2.45, 2.75) is 32.8 Å². The van der Waals surface area contributed by atoms with Crippen LogP contribution in [0.2, 0.25) is 0 Å². The molecule has 6 nitrogen and oxygen atoms in total. The molecule has 0 spiro atoms. The van der Waals surface area contributed by atoms with Crippen molar-refractivity contribution in [3.05, 3.63) is 12.2 Å². The standard InChI is InChI=1S/C11H16O6/c1-4-5-16-11(15)8(6-9(12)13)17-10(14)7(2)3/h8H,2,4-6H2,1,3H3,(H,12,13). The second-order valence-corrected chi connectivity index (χ2v) is 3.44. The van der Waals surface area contributed by atoms with Gasteiger partial charge in [0.15, 0.2) is 0 Å². The molecule has 0 rings (SSSR count). The lowest BCUT2D eigenvalue weighted by atomic mass is 10.2. The lowest BCUT2D eigenvalue weighted by Crippen LogP contribution is -2.31. The van der Waals surface area contributed by atoms with E-state index in [1.807, 2.05) is 0 Å². The molecule has 0 aliphatic rings. The van der Waals surface area contributed by atoms with Crippen LogP contribution in [-0.4, -0.2) is 35.7 Å². The Labute approximate surface area is 99.2 Å².